The van der Waals surface area contributed by atoms with Crippen LogP contribution in [0.15, 0.2) is 12.1 Å². The molecule has 0 aliphatic rings. The van der Waals surface area contributed by atoms with Gasteiger partial charge >= 0.3 is 5.97 Å². The van der Waals surface area contributed by atoms with Gasteiger partial charge in [0.25, 0.3) is 0 Å². The van der Waals surface area contributed by atoms with Gasteiger partial charge in [0.05, 0.1) is 13.7 Å². The number of carbonyl (C=O) groups is 1. The monoisotopic (exact) mass is 259 g/mol. The lowest BCUT2D eigenvalue weighted by atomic mass is 10.1. The van der Waals surface area contributed by atoms with Crippen molar-refractivity contribution in [1.82, 2.24) is 0 Å². The maximum atomic E-state index is 13.1. The number of hydrogen-bond acceptors (Lipinski definition) is 4. The molecule has 0 fully saturated rings. The van der Waals surface area contributed by atoms with Crippen LogP contribution in [0.25, 0.3) is 0 Å². The van der Waals surface area contributed by atoms with Crippen LogP contribution in [-0.2, 0) is 16.0 Å². The van der Waals surface area contributed by atoms with Crippen LogP contribution >= 0.6 is 0 Å². The molecular weight excluding hydrogens is 244 g/mol. The highest BCUT2D eigenvalue weighted by Crippen LogP contribution is 2.23. The number of halogens is 2. The molecule has 0 saturated carbocycles. The molecule has 0 amide bonds. The molecule has 0 spiro atoms. The first-order chi connectivity index (χ1) is 8.49. The molecule has 1 aromatic carbocycles. The van der Waals surface area contributed by atoms with E-state index in [2.05, 4.69) is 0 Å². The van der Waals surface area contributed by atoms with Crippen molar-refractivity contribution in [3.05, 3.63) is 29.3 Å². The summed E-state index contributed by atoms with van der Waals surface area (Å²) in [5, 5.41) is 0. The minimum absolute atomic E-state index is 0.0131. The van der Waals surface area contributed by atoms with Gasteiger partial charge in [-0.05, 0) is 18.6 Å². The van der Waals surface area contributed by atoms with Gasteiger partial charge in [-0.15, -0.1) is 0 Å². The van der Waals surface area contributed by atoms with E-state index in [4.69, 9.17) is 15.2 Å². The number of methoxy groups -OCH3 is 1. The molecule has 1 atom stereocenters. The Bertz CT molecular complexity index is 438. The molecule has 18 heavy (non-hydrogen) atoms. The van der Waals surface area contributed by atoms with Gasteiger partial charge in [0.1, 0.15) is 11.8 Å². The number of benzene rings is 1. The minimum Gasteiger partial charge on any atom is -0.496 e. The molecular formula is C12H15F2NO3. The Balaban J connectivity index is 2.89. The number of hydrogen-bond donors (Lipinski definition) is 1. The van der Waals surface area contributed by atoms with Crippen LogP contribution in [0.2, 0.25) is 0 Å². The molecule has 0 aliphatic carbocycles. The lowest BCUT2D eigenvalue weighted by Crippen LogP contribution is -2.34. The average molecular weight is 259 g/mol. The highest BCUT2D eigenvalue weighted by atomic mass is 19.2. The third kappa shape index (κ3) is 3.40. The maximum absolute atomic E-state index is 13.1. The second-order valence-electron chi connectivity index (χ2n) is 3.64. The van der Waals surface area contributed by atoms with Gasteiger partial charge in [-0.25, -0.2) is 8.78 Å². The van der Waals surface area contributed by atoms with Gasteiger partial charge in [-0.2, -0.15) is 0 Å². The van der Waals surface area contributed by atoms with Crippen molar-refractivity contribution >= 4 is 5.97 Å². The molecule has 1 rings (SSSR count). The SMILES string of the molecule is CCOC(=O)C(N)Cc1cc(F)c(F)cc1OC. The fourth-order valence-corrected chi connectivity index (χ4v) is 1.49. The van der Waals surface area contributed by atoms with E-state index >= 15 is 0 Å². The zero-order valence-corrected chi connectivity index (χ0v) is 10.2. The zero-order valence-electron chi connectivity index (χ0n) is 10.2. The van der Waals surface area contributed by atoms with Crippen LogP contribution in [0, 0.1) is 11.6 Å². The number of nitrogens with two attached hydrogens (primary N) is 1. The molecule has 4 nitrogen and oxygen atoms in total. The smallest absolute Gasteiger partial charge is 0.323 e. The Hall–Kier alpha value is -1.69. The zero-order chi connectivity index (χ0) is 13.7. The normalized spacial score (nSPS) is 12.1. The summed E-state index contributed by atoms with van der Waals surface area (Å²) in [4.78, 5) is 11.3. The molecule has 2 N–H and O–H groups in total. The minimum atomic E-state index is -1.01. The first-order valence-electron chi connectivity index (χ1n) is 5.43. The number of carbonyl (C=O) groups excluding carboxylic acids is 1. The Morgan fingerprint density at radius 1 is 1.39 bits per heavy atom. The topological polar surface area (TPSA) is 61.5 Å². The van der Waals surface area contributed by atoms with Crippen LogP contribution in [-0.4, -0.2) is 25.7 Å². The highest BCUT2D eigenvalue weighted by molar-refractivity contribution is 5.76. The summed E-state index contributed by atoms with van der Waals surface area (Å²) in [7, 11) is 1.33. The molecule has 1 aromatic rings. The Labute approximate surface area is 104 Å². The molecule has 0 aliphatic heterocycles. The van der Waals surface area contributed by atoms with Crippen molar-refractivity contribution in [2.75, 3.05) is 13.7 Å². The third-order valence-electron chi connectivity index (χ3n) is 2.35. The Kier molecular flexibility index (Phi) is 5.03. The number of rotatable bonds is 5. The predicted octanol–water partition coefficient (Wildman–Crippen LogP) is 1.41. The number of esters is 1. The van der Waals surface area contributed by atoms with Gasteiger partial charge in [-0.1, -0.05) is 0 Å². The second kappa shape index (κ2) is 6.30. The molecule has 0 heterocycles. The van der Waals surface area contributed by atoms with Crippen molar-refractivity contribution in [2.45, 2.75) is 19.4 Å². The largest absolute Gasteiger partial charge is 0.496 e. The lowest BCUT2D eigenvalue weighted by molar-refractivity contribution is -0.144. The van der Waals surface area contributed by atoms with Gasteiger partial charge in [0, 0.05) is 12.5 Å². The van der Waals surface area contributed by atoms with Gasteiger partial charge in [0.15, 0.2) is 11.6 Å². The van der Waals surface area contributed by atoms with E-state index in [1.165, 1.54) is 7.11 Å². The van der Waals surface area contributed by atoms with Crippen LogP contribution in [0.4, 0.5) is 8.78 Å². The number of ether oxygens (including phenoxy) is 2. The van der Waals surface area contributed by atoms with Crippen molar-refractivity contribution in [1.29, 1.82) is 0 Å². The summed E-state index contributed by atoms with van der Waals surface area (Å²) < 4.78 is 35.7. The van der Waals surface area contributed by atoms with E-state index in [1.54, 1.807) is 6.92 Å². The molecule has 6 heteroatoms. The maximum Gasteiger partial charge on any atom is 0.323 e. The van der Waals surface area contributed by atoms with Crippen molar-refractivity contribution < 1.29 is 23.0 Å². The van der Waals surface area contributed by atoms with E-state index in [9.17, 15) is 13.6 Å². The fourth-order valence-electron chi connectivity index (χ4n) is 1.49. The van der Waals surface area contributed by atoms with Crippen LogP contribution in [0.1, 0.15) is 12.5 Å². The first kappa shape index (κ1) is 14.4. The third-order valence-corrected chi connectivity index (χ3v) is 2.35. The van der Waals surface area contributed by atoms with E-state index in [-0.39, 0.29) is 18.8 Å². The Morgan fingerprint density at radius 2 is 2.00 bits per heavy atom. The molecule has 1 unspecified atom stereocenters. The summed E-state index contributed by atoms with van der Waals surface area (Å²) in [5.74, 6) is -2.47. The average Bonchev–Trinajstić information content (AvgIpc) is 2.33. The van der Waals surface area contributed by atoms with Gasteiger partial charge < -0.3 is 15.2 Å². The van der Waals surface area contributed by atoms with E-state index < -0.39 is 23.6 Å². The lowest BCUT2D eigenvalue weighted by Gasteiger charge is -2.13. The van der Waals surface area contributed by atoms with Crippen LogP contribution in [0.5, 0.6) is 5.75 Å². The van der Waals surface area contributed by atoms with Crippen LogP contribution < -0.4 is 10.5 Å². The van der Waals surface area contributed by atoms with Crippen molar-refractivity contribution in [3.63, 3.8) is 0 Å². The summed E-state index contributed by atoms with van der Waals surface area (Å²) in [6, 6.07) is 0.944. The summed E-state index contributed by atoms with van der Waals surface area (Å²) >= 11 is 0. The first-order valence-corrected chi connectivity index (χ1v) is 5.43. The highest BCUT2D eigenvalue weighted by Gasteiger charge is 2.19. The fraction of sp³-hybridized carbons (Fsp3) is 0.417. The quantitative estimate of drug-likeness (QED) is 0.812. The van der Waals surface area contributed by atoms with Crippen molar-refractivity contribution in [3.8, 4) is 5.75 Å². The predicted molar refractivity (Wildman–Crippen MR) is 61.2 cm³/mol. The Morgan fingerprint density at radius 3 is 2.56 bits per heavy atom. The molecule has 0 aromatic heterocycles. The van der Waals surface area contributed by atoms with E-state index in [0.29, 0.717) is 5.56 Å². The van der Waals surface area contributed by atoms with Gasteiger partial charge in [0.2, 0.25) is 0 Å². The van der Waals surface area contributed by atoms with E-state index in [1.807, 2.05) is 0 Å². The van der Waals surface area contributed by atoms with Crippen molar-refractivity contribution in [2.24, 2.45) is 5.73 Å². The van der Waals surface area contributed by atoms with Crippen LogP contribution in [0.3, 0.4) is 0 Å². The molecule has 0 saturated heterocycles. The summed E-state index contributed by atoms with van der Waals surface area (Å²) in [5.41, 5.74) is 5.92. The molecule has 100 valence electrons. The summed E-state index contributed by atoms with van der Waals surface area (Å²) in [6.07, 6.45) is 0.0131. The second-order valence-corrected chi connectivity index (χ2v) is 3.64. The summed E-state index contributed by atoms with van der Waals surface area (Å²) in [6.45, 7) is 1.87. The molecule has 0 radical (unpaired) electrons. The molecule has 0 bridgehead atoms. The van der Waals surface area contributed by atoms with E-state index in [0.717, 1.165) is 12.1 Å². The van der Waals surface area contributed by atoms with Gasteiger partial charge in [-0.3, -0.25) is 4.79 Å². The standard InChI is InChI=1S/C12H15F2NO3/c1-3-18-12(16)10(15)5-7-4-8(13)9(14)6-11(7)17-2/h4,6,10H,3,5,15H2,1-2H3.